The smallest absolute Gasteiger partial charge is 0.0873 e. The average Bonchev–Trinajstić information content (AvgIpc) is 2.33. The first kappa shape index (κ1) is 14.3. The van der Waals surface area contributed by atoms with Crippen molar-refractivity contribution in [2.75, 3.05) is 6.61 Å². The van der Waals surface area contributed by atoms with Crippen molar-refractivity contribution < 1.29 is 4.74 Å². The van der Waals surface area contributed by atoms with Crippen molar-refractivity contribution in [1.29, 1.82) is 0 Å². The summed E-state index contributed by atoms with van der Waals surface area (Å²) in [7, 11) is 0. The molecule has 0 aromatic rings. The van der Waals surface area contributed by atoms with Gasteiger partial charge < -0.3 is 4.74 Å². The third-order valence-corrected chi connectivity index (χ3v) is 3.22. The molecule has 1 aliphatic carbocycles. The molecule has 0 atom stereocenters. The van der Waals surface area contributed by atoms with Crippen LogP contribution in [0.4, 0.5) is 0 Å². The van der Waals surface area contributed by atoms with Crippen molar-refractivity contribution in [3.8, 4) is 0 Å². The maximum absolute atomic E-state index is 5.60. The molecule has 0 spiro atoms. The Bertz CT molecular complexity index is 238. The molecule has 0 N–H and O–H groups in total. The van der Waals surface area contributed by atoms with Crippen molar-refractivity contribution >= 4 is 0 Å². The highest BCUT2D eigenvalue weighted by Gasteiger charge is 1.99. The van der Waals surface area contributed by atoms with E-state index in [4.69, 9.17) is 4.74 Å². The SMILES string of the molecule is CC(C)CCCCCCO/C=C1/CC=CCC1. The van der Waals surface area contributed by atoms with Crippen LogP contribution in [0.15, 0.2) is 24.0 Å². The number of ether oxygens (including phenoxy) is 1. The van der Waals surface area contributed by atoms with E-state index in [2.05, 4.69) is 26.0 Å². The van der Waals surface area contributed by atoms with Crippen molar-refractivity contribution in [2.24, 2.45) is 5.92 Å². The van der Waals surface area contributed by atoms with Gasteiger partial charge >= 0.3 is 0 Å². The Morgan fingerprint density at radius 1 is 1.18 bits per heavy atom. The van der Waals surface area contributed by atoms with E-state index in [0.29, 0.717) is 0 Å². The standard InChI is InChI=1S/C16H28O/c1-15(2)10-6-3-4-9-13-17-14-16-11-7-5-8-12-16/h5,7,14-15H,3-4,6,8-13H2,1-2H3/b16-14-. The predicted molar refractivity (Wildman–Crippen MR) is 74.9 cm³/mol. The van der Waals surface area contributed by atoms with Crippen LogP contribution in [-0.2, 0) is 4.74 Å². The summed E-state index contributed by atoms with van der Waals surface area (Å²) in [4.78, 5) is 0. The number of hydrogen-bond donors (Lipinski definition) is 0. The van der Waals surface area contributed by atoms with Gasteiger partial charge in [-0.2, -0.15) is 0 Å². The summed E-state index contributed by atoms with van der Waals surface area (Å²) >= 11 is 0. The summed E-state index contributed by atoms with van der Waals surface area (Å²) in [6, 6.07) is 0. The van der Waals surface area contributed by atoms with Crippen LogP contribution in [0, 0.1) is 5.92 Å². The van der Waals surface area contributed by atoms with Gasteiger partial charge in [-0.3, -0.25) is 0 Å². The lowest BCUT2D eigenvalue weighted by atomic mass is 10.0. The van der Waals surface area contributed by atoms with E-state index >= 15 is 0 Å². The molecule has 17 heavy (non-hydrogen) atoms. The van der Waals surface area contributed by atoms with Gasteiger partial charge in [0.2, 0.25) is 0 Å². The summed E-state index contributed by atoms with van der Waals surface area (Å²) in [5.74, 6) is 0.857. The zero-order chi connectivity index (χ0) is 12.3. The van der Waals surface area contributed by atoms with Gasteiger partial charge in [-0.25, -0.2) is 0 Å². The zero-order valence-corrected chi connectivity index (χ0v) is 11.6. The van der Waals surface area contributed by atoms with Gasteiger partial charge in [0.1, 0.15) is 0 Å². The Labute approximate surface area is 107 Å². The first-order valence-electron chi connectivity index (χ1n) is 7.23. The van der Waals surface area contributed by atoms with Gasteiger partial charge in [-0.15, -0.1) is 0 Å². The maximum atomic E-state index is 5.60. The van der Waals surface area contributed by atoms with Crippen LogP contribution >= 0.6 is 0 Å². The Hall–Kier alpha value is -0.720. The zero-order valence-electron chi connectivity index (χ0n) is 11.6. The summed E-state index contributed by atoms with van der Waals surface area (Å²) in [5, 5.41) is 0. The molecule has 0 aliphatic heterocycles. The maximum Gasteiger partial charge on any atom is 0.0873 e. The molecule has 0 heterocycles. The Kier molecular flexibility index (Phi) is 7.87. The molecule has 0 radical (unpaired) electrons. The highest BCUT2D eigenvalue weighted by atomic mass is 16.5. The van der Waals surface area contributed by atoms with Crippen LogP contribution < -0.4 is 0 Å². The van der Waals surface area contributed by atoms with Crippen LogP contribution in [0.2, 0.25) is 0 Å². The van der Waals surface area contributed by atoms with E-state index in [0.717, 1.165) is 18.9 Å². The van der Waals surface area contributed by atoms with Crippen molar-refractivity contribution in [3.63, 3.8) is 0 Å². The molecule has 98 valence electrons. The normalized spacial score (nSPS) is 17.9. The largest absolute Gasteiger partial charge is 0.501 e. The average molecular weight is 236 g/mol. The molecule has 0 aromatic carbocycles. The lowest BCUT2D eigenvalue weighted by Crippen LogP contribution is -1.93. The molecule has 0 unspecified atom stereocenters. The second-order valence-electron chi connectivity index (χ2n) is 5.46. The molecule has 0 bridgehead atoms. The van der Waals surface area contributed by atoms with Crippen molar-refractivity contribution in [1.82, 2.24) is 0 Å². The Balaban J connectivity index is 1.89. The lowest BCUT2D eigenvalue weighted by Gasteiger charge is -2.09. The fourth-order valence-electron chi connectivity index (χ4n) is 2.10. The summed E-state index contributed by atoms with van der Waals surface area (Å²) < 4.78 is 5.60. The van der Waals surface area contributed by atoms with Crippen molar-refractivity contribution in [2.45, 2.75) is 65.2 Å². The van der Waals surface area contributed by atoms with Gasteiger partial charge in [0.05, 0.1) is 12.9 Å². The first-order valence-corrected chi connectivity index (χ1v) is 7.23. The minimum absolute atomic E-state index is 0.857. The lowest BCUT2D eigenvalue weighted by molar-refractivity contribution is 0.236. The quantitative estimate of drug-likeness (QED) is 0.318. The van der Waals surface area contributed by atoms with E-state index in [1.807, 2.05) is 6.26 Å². The topological polar surface area (TPSA) is 9.23 Å². The summed E-state index contributed by atoms with van der Waals surface area (Å²) in [6.45, 7) is 5.50. The molecule has 0 saturated carbocycles. The van der Waals surface area contributed by atoms with E-state index < -0.39 is 0 Å². The minimum Gasteiger partial charge on any atom is -0.501 e. The van der Waals surface area contributed by atoms with Crippen LogP contribution in [-0.4, -0.2) is 6.61 Å². The van der Waals surface area contributed by atoms with E-state index in [1.54, 1.807) is 0 Å². The molecule has 1 aliphatic rings. The van der Waals surface area contributed by atoms with Gasteiger partial charge in [-0.05, 0) is 37.2 Å². The molecule has 1 heteroatoms. The third-order valence-electron chi connectivity index (χ3n) is 3.22. The fourth-order valence-corrected chi connectivity index (χ4v) is 2.10. The van der Waals surface area contributed by atoms with Gasteiger partial charge in [0.15, 0.2) is 0 Å². The summed E-state index contributed by atoms with van der Waals surface area (Å²) in [6.07, 6.45) is 16.6. The number of unbranched alkanes of at least 4 members (excludes halogenated alkanes) is 3. The molecule has 1 rings (SSSR count). The second kappa shape index (κ2) is 9.32. The highest BCUT2D eigenvalue weighted by Crippen LogP contribution is 2.16. The van der Waals surface area contributed by atoms with Crippen LogP contribution in [0.1, 0.15) is 65.2 Å². The van der Waals surface area contributed by atoms with Gasteiger partial charge in [0.25, 0.3) is 0 Å². The Morgan fingerprint density at radius 3 is 2.71 bits per heavy atom. The van der Waals surface area contributed by atoms with E-state index in [-0.39, 0.29) is 0 Å². The van der Waals surface area contributed by atoms with E-state index in [1.165, 1.54) is 50.5 Å². The first-order chi connectivity index (χ1) is 8.29. The molecule has 0 fully saturated rings. The third kappa shape index (κ3) is 8.06. The molecule has 0 saturated heterocycles. The number of rotatable bonds is 8. The van der Waals surface area contributed by atoms with Crippen LogP contribution in [0.3, 0.4) is 0 Å². The van der Waals surface area contributed by atoms with Crippen molar-refractivity contribution in [3.05, 3.63) is 24.0 Å². The molecule has 0 aromatic heterocycles. The monoisotopic (exact) mass is 236 g/mol. The van der Waals surface area contributed by atoms with Crippen LogP contribution in [0.25, 0.3) is 0 Å². The van der Waals surface area contributed by atoms with Gasteiger partial charge in [-0.1, -0.05) is 51.7 Å². The fraction of sp³-hybridized carbons (Fsp3) is 0.750. The van der Waals surface area contributed by atoms with Crippen LogP contribution in [0.5, 0.6) is 0 Å². The molecule has 1 nitrogen and oxygen atoms in total. The van der Waals surface area contributed by atoms with Gasteiger partial charge in [0, 0.05) is 0 Å². The number of hydrogen-bond acceptors (Lipinski definition) is 1. The number of allylic oxidation sites excluding steroid dienone is 3. The predicted octanol–water partition coefficient (Wildman–Crippen LogP) is 5.23. The highest BCUT2D eigenvalue weighted by molar-refractivity contribution is 5.10. The molecular formula is C16H28O. The minimum atomic E-state index is 0.857. The molecular weight excluding hydrogens is 208 g/mol. The Morgan fingerprint density at radius 2 is 2.00 bits per heavy atom. The second-order valence-corrected chi connectivity index (χ2v) is 5.46. The summed E-state index contributed by atoms with van der Waals surface area (Å²) in [5.41, 5.74) is 1.45. The van der Waals surface area contributed by atoms with E-state index in [9.17, 15) is 0 Å². The molecule has 0 amide bonds.